The van der Waals surface area contributed by atoms with Gasteiger partial charge in [0.25, 0.3) is 11.8 Å². The van der Waals surface area contributed by atoms with Gasteiger partial charge in [-0.3, -0.25) is 9.59 Å². The molecule has 35 heavy (non-hydrogen) atoms. The van der Waals surface area contributed by atoms with Crippen molar-refractivity contribution in [3.8, 4) is 22.6 Å². The third kappa shape index (κ3) is 3.51. The van der Waals surface area contributed by atoms with E-state index < -0.39 is 11.8 Å². The summed E-state index contributed by atoms with van der Waals surface area (Å²) in [6.07, 6.45) is 1.51. The van der Waals surface area contributed by atoms with Crippen LogP contribution in [0.15, 0.2) is 60.8 Å². The number of hydrogen-bond acceptors (Lipinski definition) is 7. The van der Waals surface area contributed by atoms with E-state index in [-0.39, 0.29) is 19.0 Å². The number of amides is 2. The Morgan fingerprint density at radius 1 is 0.857 bits per heavy atom. The van der Waals surface area contributed by atoms with Crippen molar-refractivity contribution in [1.82, 2.24) is 4.98 Å². The maximum Gasteiger partial charge on any atom is 0.267 e. The minimum Gasteiger partial charge on any atom is -0.493 e. The van der Waals surface area contributed by atoms with E-state index in [1.807, 2.05) is 0 Å². The third-order valence-corrected chi connectivity index (χ3v) is 6.23. The maximum absolute atomic E-state index is 13.0. The number of benzene rings is 3. The van der Waals surface area contributed by atoms with Crippen molar-refractivity contribution in [2.24, 2.45) is 0 Å². The number of aliphatic hydroxyl groups is 2. The SMILES string of the molecule is COc1cc2cc(CO)c(CO)c(-c3ccnc(N4C(=O)c5ccccc5C4=O)c3)c2cc1OC. The van der Waals surface area contributed by atoms with E-state index in [9.17, 15) is 19.8 Å². The van der Waals surface area contributed by atoms with Crippen molar-refractivity contribution in [2.75, 3.05) is 19.1 Å². The third-order valence-electron chi connectivity index (χ3n) is 6.23. The first kappa shape index (κ1) is 22.5. The molecule has 8 heteroatoms. The van der Waals surface area contributed by atoms with E-state index in [1.54, 1.807) is 54.6 Å². The summed E-state index contributed by atoms with van der Waals surface area (Å²) in [6.45, 7) is -0.621. The molecule has 0 radical (unpaired) electrons. The molecule has 2 amide bonds. The van der Waals surface area contributed by atoms with E-state index in [1.165, 1.54) is 20.4 Å². The number of hydrogen-bond donors (Lipinski definition) is 2. The highest BCUT2D eigenvalue weighted by Crippen LogP contribution is 2.41. The summed E-state index contributed by atoms with van der Waals surface area (Å²) in [4.78, 5) is 31.4. The Morgan fingerprint density at radius 2 is 1.51 bits per heavy atom. The molecule has 176 valence electrons. The Kier molecular flexibility index (Phi) is 5.68. The number of ether oxygens (including phenoxy) is 2. The number of rotatable bonds is 6. The molecule has 5 rings (SSSR count). The molecular formula is C27H22N2O6. The van der Waals surface area contributed by atoms with Gasteiger partial charge in [0.15, 0.2) is 11.5 Å². The lowest BCUT2D eigenvalue weighted by molar-refractivity contribution is 0.0925. The largest absolute Gasteiger partial charge is 0.493 e. The highest BCUT2D eigenvalue weighted by Gasteiger charge is 2.37. The van der Waals surface area contributed by atoms with Gasteiger partial charge in [-0.2, -0.15) is 0 Å². The molecule has 3 aromatic carbocycles. The zero-order valence-corrected chi connectivity index (χ0v) is 19.1. The van der Waals surface area contributed by atoms with Gasteiger partial charge in [0.05, 0.1) is 38.6 Å². The summed E-state index contributed by atoms with van der Waals surface area (Å²) in [5, 5.41) is 21.8. The van der Waals surface area contributed by atoms with Gasteiger partial charge >= 0.3 is 0 Å². The Hall–Kier alpha value is -4.27. The molecule has 0 atom stereocenters. The molecule has 0 saturated heterocycles. The number of fused-ring (bicyclic) bond motifs is 2. The zero-order valence-electron chi connectivity index (χ0n) is 19.1. The van der Waals surface area contributed by atoms with Crippen LogP contribution in [-0.4, -0.2) is 41.2 Å². The van der Waals surface area contributed by atoms with E-state index in [0.29, 0.717) is 44.9 Å². The van der Waals surface area contributed by atoms with Crippen molar-refractivity contribution in [2.45, 2.75) is 13.2 Å². The highest BCUT2D eigenvalue weighted by atomic mass is 16.5. The van der Waals surface area contributed by atoms with E-state index >= 15 is 0 Å². The summed E-state index contributed by atoms with van der Waals surface area (Å²) in [7, 11) is 3.07. The molecule has 0 spiro atoms. The maximum atomic E-state index is 13.0. The van der Waals surface area contributed by atoms with Gasteiger partial charge in [-0.1, -0.05) is 12.1 Å². The predicted octanol–water partition coefficient (Wildman–Crippen LogP) is 3.70. The molecule has 0 aliphatic carbocycles. The number of anilines is 1. The van der Waals surface area contributed by atoms with Crippen LogP contribution in [0.4, 0.5) is 5.82 Å². The number of pyridine rings is 1. The van der Waals surface area contributed by atoms with Crippen LogP contribution in [0.25, 0.3) is 21.9 Å². The number of nitrogens with zero attached hydrogens (tertiary/aromatic N) is 2. The second-order valence-corrected chi connectivity index (χ2v) is 8.03. The highest BCUT2D eigenvalue weighted by molar-refractivity contribution is 6.34. The number of aromatic nitrogens is 1. The lowest BCUT2D eigenvalue weighted by Crippen LogP contribution is -2.30. The Morgan fingerprint density at radius 3 is 2.11 bits per heavy atom. The van der Waals surface area contributed by atoms with Crippen LogP contribution in [-0.2, 0) is 13.2 Å². The summed E-state index contributed by atoms with van der Waals surface area (Å²) >= 11 is 0. The van der Waals surface area contributed by atoms with Crippen LogP contribution < -0.4 is 14.4 Å². The van der Waals surface area contributed by atoms with Crippen LogP contribution >= 0.6 is 0 Å². The fourth-order valence-electron chi connectivity index (χ4n) is 4.57. The molecule has 1 aliphatic rings. The molecule has 4 aromatic rings. The van der Waals surface area contributed by atoms with E-state index in [0.717, 1.165) is 15.7 Å². The zero-order chi connectivity index (χ0) is 24.7. The molecular weight excluding hydrogens is 448 g/mol. The van der Waals surface area contributed by atoms with Crippen LogP contribution in [0.3, 0.4) is 0 Å². The van der Waals surface area contributed by atoms with Gasteiger partial charge in [-0.15, -0.1) is 0 Å². The first-order valence-corrected chi connectivity index (χ1v) is 10.9. The number of carbonyl (C=O) groups excluding carboxylic acids is 2. The van der Waals surface area contributed by atoms with Gasteiger partial charge in [0, 0.05) is 6.20 Å². The smallest absolute Gasteiger partial charge is 0.267 e. The Labute approximate surface area is 201 Å². The number of methoxy groups -OCH3 is 2. The Balaban J connectivity index is 1.74. The summed E-state index contributed by atoms with van der Waals surface area (Å²) in [6, 6.07) is 15.4. The van der Waals surface area contributed by atoms with E-state index in [4.69, 9.17) is 9.47 Å². The van der Waals surface area contributed by atoms with Crippen LogP contribution in [0, 0.1) is 0 Å². The number of aliphatic hydroxyl groups excluding tert-OH is 2. The Bertz CT molecular complexity index is 1460. The molecule has 1 aliphatic heterocycles. The van der Waals surface area contributed by atoms with Gasteiger partial charge in [0.1, 0.15) is 5.82 Å². The van der Waals surface area contributed by atoms with Gasteiger partial charge < -0.3 is 19.7 Å². The molecule has 0 unspecified atom stereocenters. The predicted molar refractivity (Wildman–Crippen MR) is 130 cm³/mol. The second-order valence-electron chi connectivity index (χ2n) is 8.03. The first-order valence-electron chi connectivity index (χ1n) is 10.9. The number of carbonyl (C=O) groups is 2. The van der Waals surface area contributed by atoms with Crippen molar-refractivity contribution in [3.63, 3.8) is 0 Å². The normalized spacial score (nSPS) is 12.9. The quantitative estimate of drug-likeness (QED) is 0.414. The van der Waals surface area contributed by atoms with E-state index in [2.05, 4.69) is 4.98 Å². The molecule has 0 fully saturated rings. The van der Waals surface area contributed by atoms with Crippen molar-refractivity contribution >= 4 is 28.4 Å². The average Bonchev–Trinajstić information content (AvgIpc) is 3.16. The van der Waals surface area contributed by atoms with Crippen molar-refractivity contribution < 1.29 is 29.3 Å². The minimum absolute atomic E-state index is 0.167. The lowest BCUT2D eigenvalue weighted by Gasteiger charge is -2.19. The fourth-order valence-corrected chi connectivity index (χ4v) is 4.57. The molecule has 0 saturated carbocycles. The molecule has 8 nitrogen and oxygen atoms in total. The lowest BCUT2D eigenvalue weighted by atomic mass is 9.90. The summed E-state index contributed by atoms with van der Waals surface area (Å²) < 4.78 is 10.9. The molecule has 2 heterocycles. The number of imide groups is 1. The van der Waals surface area contributed by atoms with Crippen molar-refractivity contribution in [1.29, 1.82) is 0 Å². The van der Waals surface area contributed by atoms with Crippen molar-refractivity contribution in [3.05, 3.63) is 83.0 Å². The summed E-state index contributed by atoms with van der Waals surface area (Å²) in [5.74, 6) is 0.293. The van der Waals surface area contributed by atoms with Crippen LogP contribution in [0.2, 0.25) is 0 Å². The fraction of sp³-hybridized carbons (Fsp3) is 0.148. The topological polar surface area (TPSA) is 109 Å². The minimum atomic E-state index is -0.446. The molecule has 2 N–H and O–H groups in total. The summed E-state index contributed by atoms with van der Waals surface area (Å²) in [5.41, 5.74) is 2.96. The van der Waals surface area contributed by atoms with Crippen LogP contribution in [0.1, 0.15) is 31.8 Å². The van der Waals surface area contributed by atoms with Gasteiger partial charge in [0.2, 0.25) is 0 Å². The van der Waals surface area contributed by atoms with Gasteiger partial charge in [-0.05, 0) is 75.5 Å². The van der Waals surface area contributed by atoms with Crippen LogP contribution in [0.5, 0.6) is 11.5 Å². The standard InChI is InChI=1S/C27H22N2O6/c1-34-22-10-16-9-17(13-30)21(14-31)25(20(16)12-23(22)35-2)15-7-8-28-24(11-15)29-26(32)18-5-3-4-6-19(18)27(29)33/h3-12,30-31H,13-14H2,1-2H3. The second kappa shape index (κ2) is 8.83. The molecule has 0 bridgehead atoms. The monoisotopic (exact) mass is 470 g/mol. The average molecular weight is 470 g/mol. The first-order chi connectivity index (χ1) is 17.0. The van der Waals surface area contributed by atoms with Gasteiger partial charge in [-0.25, -0.2) is 9.88 Å². The molecule has 1 aromatic heterocycles.